The largest absolute Gasteiger partial charge is 0.487 e. The molecule has 30 heavy (non-hydrogen) atoms. The minimum absolute atomic E-state index is 0.0712. The van der Waals surface area contributed by atoms with Crippen LogP contribution in [0, 0.1) is 0 Å². The lowest BCUT2D eigenvalue weighted by Gasteiger charge is -2.42. The monoisotopic (exact) mass is 407 g/mol. The van der Waals surface area contributed by atoms with Crippen LogP contribution in [0.25, 0.3) is 0 Å². The third kappa shape index (κ3) is 4.05. The van der Waals surface area contributed by atoms with Gasteiger partial charge in [0.25, 0.3) is 5.91 Å². The van der Waals surface area contributed by atoms with Crippen LogP contribution in [0.5, 0.6) is 11.5 Å². The van der Waals surface area contributed by atoms with Crippen molar-refractivity contribution >= 4 is 5.91 Å². The van der Waals surface area contributed by atoms with Crippen LogP contribution in [0.1, 0.15) is 75.6 Å². The molecule has 1 N–H and O–H groups in total. The molecule has 4 rings (SSSR count). The molecule has 2 aromatic rings. The highest BCUT2D eigenvalue weighted by Crippen LogP contribution is 2.42. The smallest absolute Gasteiger partial charge is 0.261 e. The van der Waals surface area contributed by atoms with Gasteiger partial charge < -0.3 is 14.8 Å². The van der Waals surface area contributed by atoms with Crippen LogP contribution < -0.4 is 14.8 Å². The summed E-state index contributed by atoms with van der Waals surface area (Å²) in [7, 11) is 0. The number of fused-ring (bicyclic) bond motifs is 2. The standard InChI is InChI=1S/C26H33NO3/c1-4-26(5-2)17-22(21-14-8-9-15-24(21)30-26)27-25(28)18(3)29-23-16-10-12-19-11-6-7-13-20(19)23/h8-10,12,14-16,18,22H,4-7,11,13,17H2,1-3H3,(H,27,28)/t18-,22+/m1/s1. The predicted molar refractivity (Wildman–Crippen MR) is 119 cm³/mol. The molecule has 1 aliphatic heterocycles. The summed E-state index contributed by atoms with van der Waals surface area (Å²) in [4.78, 5) is 13.1. The van der Waals surface area contributed by atoms with Crippen LogP contribution in [0.15, 0.2) is 42.5 Å². The third-order valence-corrected chi connectivity index (χ3v) is 6.83. The Balaban J connectivity index is 1.50. The van der Waals surface area contributed by atoms with Gasteiger partial charge in [-0.1, -0.05) is 44.2 Å². The minimum atomic E-state index is -0.550. The van der Waals surface area contributed by atoms with Crippen molar-refractivity contribution in [2.45, 2.75) is 83.5 Å². The molecular weight excluding hydrogens is 374 g/mol. The highest BCUT2D eigenvalue weighted by Gasteiger charge is 2.39. The number of ether oxygens (including phenoxy) is 2. The second kappa shape index (κ2) is 8.71. The van der Waals surface area contributed by atoms with Gasteiger partial charge >= 0.3 is 0 Å². The van der Waals surface area contributed by atoms with E-state index in [0.29, 0.717) is 0 Å². The molecule has 0 unspecified atom stereocenters. The third-order valence-electron chi connectivity index (χ3n) is 6.83. The first kappa shape index (κ1) is 20.8. The molecule has 0 radical (unpaired) electrons. The maximum absolute atomic E-state index is 13.1. The number of para-hydroxylation sites is 1. The van der Waals surface area contributed by atoms with Crippen LogP contribution in [-0.2, 0) is 17.6 Å². The zero-order valence-electron chi connectivity index (χ0n) is 18.4. The molecule has 0 aromatic heterocycles. The molecule has 2 aromatic carbocycles. The van der Waals surface area contributed by atoms with Crippen molar-refractivity contribution in [3.63, 3.8) is 0 Å². The summed E-state index contributed by atoms with van der Waals surface area (Å²) in [5.74, 6) is 1.66. The minimum Gasteiger partial charge on any atom is -0.487 e. The first-order valence-electron chi connectivity index (χ1n) is 11.4. The Labute approximate surface area is 180 Å². The van der Waals surface area contributed by atoms with Crippen molar-refractivity contribution in [1.29, 1.82) is 0 Å². The summed E-state index contributed by atoms with van der Waals surface area (Å²) in [6.45, 7) is 6.15. The van der Waals surface area contributed by atoms with E-state index in [1.165, 1.54) is 24.0 Å². The molecule has 1 aliphatic carbocycles. The van der Waals surface area contributed by atoms with E-state index in [2.05, 4.69) is 31.3 Å². The van der Waals surface area contributed by atoms with Crippen molar-refractivity contribution in [3.8, 4) is 11.5 Å². The van der Waals surface area contributed by atoms with Gasteiger partial charge in [0.05, 0.1) is 6.04 Å². The van der Waals surface area contributed by atoms with Crippen molar-refractivity contribution in [1.82, 2.24) is 5.32 Å². The van der Waals surface area contributed by atoms with Crippen LogP contribution >= 0.6 is 0 Å². The van der Waals surface area contributed by atoms with E-state index in [4.69, 9.17) is 9.47 Å². The maximum atomic E-state index is 13.1. The zero-order valence-corrected chi connectivity index (χ0v) is 18.4. The average molecular weight is 408 g/mol. The fraction of sp³-hybridized carbons (Fsp3) is 0.500. The van der Waals surface area contributed by atoms with Gasteiger partial charge in [-0.2, -0.15) is 0 Å². The van der Waals surface area contributed by atoms with Crippen LogP contribution in [0.2, 0.25) is 0 Å². The summed E-state index contributed by atoms with van der Waals surface area (Å²) in [6.07, 6.45) is 6.58. The van der Waals surface area contributed by atoms with E-state index < -0.39 is 6.10 Å². The number of hydrogen-bond donors (Lipinski definition) is 1. The Morgan fingerprint density at radius 3 is 2.70 bits per heavy atom. The highest BCUT2D eigenvalue weighted by molar-refractivity contribution is 5.81. The first-order valence-corrected chi connectivity index (χ1v) is 11.4. The zero-order chi connectivity index (χ0) is 21.1. The second-order valence-corrected chi connectivity index (χ2v) is 8.66. The molecule has 0 bridgehead atoms. The van der Waals surface area contributed by atoms with Gasteiger partial charge in [-0.15, -0.1) is 0 Å². The molecule has 160 valence electrons. The quantitative estimate of drug-likeness (QED) is 0.685. The molecule has 4 heteroatoms. The van der Waals surface area contributed by atoms with Gasteiger partial charge in [0.1, 0.15) is 17.1 Å². The summed E-state index contributed by atoms with van der Waals surface area (Å²) >= 11 is 0. The van der Waals surface area contributed by atoms with E-state index in [-0.39, 0.29) is 17.6 Å². The van der Waals surface area contributed by atoms with Gasteiger partial charge in [0, 0.05) is 12.0 Å². The molecule has 2 atom stereocenters. The molecule has 1 amide bonds. The first-order chi connectivity index (χ1) is 14.5. The summed E-state index contributed by atoms with van der Waals surface area (Å²) in [5.41, 5.74) is 3.44. The number of nitrogens with one attached hydrogen (secondary N) is 1. The number of benzene rings is 2. The Morgan fingerprint density at radius 1 is 1.13 bits per heavy atom. The van der Waals surface area contributed by atoms with Gasteiger partial charge in [-0.05, 0) is 68.7 Å². The number of carbonyl (C=O) groups excluding carboxylic acids is 1. The van der Waals surface area contributed by atoms with E-state index in [1.807, 2.05) is 37.3 Å². The van der Waals surface area contributed by atoms with Gasteiger partial charge in [0.2, 0.25) is 0 Å². The molecule has 0 saturated carbocycles. The van der Waals surface area contributed by atoms with Crippen LogP contribution in [-0.4, -0.2) is 17.6 Å². The van der Waals surface area contributed by atoms with E-state index in [9.17, 15) is 4.79 Å². The Kier molecular flexibility index (Phi) is 6.03. The SMILES string of the molecule is CCC1(CC)C[C@H](NC(=O)[C@@H](C)Oc2cccc3c2CCCC3)c2ccccc2O1. The maximum Gasteiger partial charge on any atom is 0.261 e. The number of carbonyl (C=O) groups is 1. The Bertz CT molecular complexity index is 903. The van der Waals surface area contributed by atoms with Gasteiger partial charge in [-0.25, -0.2) is 0 Å². The van der Waals surface area contributed by atoms with E-state index in [1.54, 1.807) is 0 Å². The van der Waals surface area contributed by atoms with Gasteiger partial charge in [-0.3, -0.25) is 4.79 Å². The highest BCUT2D eigenvalue weighted by atomic mass is 16.5. The van der Waals surface area contributed by atoms with Crippen molar-refractivity contribution in [2.75, 3.05) is 0 Å². The summed E-state index contributed by atoms with van der Waals surface area (Å²) < 4.78 is 12.5. The average Bonchev–Trinajstić information content (AvgIpc) is 2.79. The number of amides is 1. The van der Waals surface area contributed by atoms with Crippen LogP contribution in [0.4, 0.5) is 0 Å². The molecule has 4 nitrogen and oxygen atoms in total. The van der Waals surface area contributed by atoms with Crippen molar-refractivity contribution < 1.29 is 14.3 Å². The molecular formula is C26H33NO3. The molecule has 0 fully saturated rings. The lowest BCUT2D eigenvalue weighted by Crippen LogP contribution is -2.47. The van der Waals surface area contributed by atoms with Gasteiger partial charge in [0.15, 0.2) is 6.10 Å². The fourth-order valence-electron chi connectivity index (χ4n) is 4.82. The van der Waals surface area contributed by atoms with Crippen molar-refractivity contribution in [3.05, 3.63) is 59.2 Å². The lowest BCUT2D eigenvalue weighted by molar-refractivity contribution is -0.128. The summed E-state index contributed by atoms with van der Waals surface area (Å²) in [5, 5.41) is 3.25. The number of aryl methyl sites for hydroxylation is 1. The Hall–Kier alpha value is -2.49. The normalized spacial score (nSPS) is 20.3. The molecule has 0 saturated heterocycles. The molecule has 2 aliphatic rings. The lowest BCUT2D eigenvalue weighted by atomic mass is 9.83. The molecule has 0 spiro atoms. The van der Waals surface area contributed by atoms with E-state index in [0.717, 1.165) is 49.2 Å². The van der Waals surface area contributed by atoms with Crippen molar-refractivity contribution in [2.24, 2.45) is 0 Å². The Morgan fingerprint density at radius 2 is 1.90 bits per heavy atom. The molecule has 1 heterocycles. The fourth-order valence-corrected chi connectivity index (χ4v) is 4.82. The predicted octanol–water partition coefficient (Wildman–Crippen LogP) is 5.53. The van der Waals surface area contributed by atoms with Crippen LogP contribution in [0.3, 0.4) is 0 Å². The second-order valence-electron chi connectivity index (χ2n) is 8.66. The topological polar surface area (TPSA) is 47.6 Å². The number of rotatable bonds is 6. The number of hydrogen-bond acceptors (Lipinski definition) is 3. The summed E-state index contributed by atoms with van der Waals surface area (Å²) in [6, 6.07) is 14.2. The van der Waals surface area contributed by atoms with E-state index >= 15 is 0 Å².